The monoisotopic (exact) mass is 222 g/mol. The van der Waals surface area contributed by atoms with Crippen molar-refractivity contribution in [2.45, 2.75) is 20.3 Å². The minimum atomic E-state index is -0.926. The van der Waals surface area contributed by atoms with E-state index in [0.717, 1.165) is 16.7 Å². The van der Waals surface area contributed by atoms with Gasteiger partial charge in [-0.25, -0.2) is 0 Å². The maximum absolute atomic E-state index is 11.9. The fourth-order valence-electron chi connectivity index (χ4n) is 2.43. The van der Waals surface area contributed by atoms with Crippen LogP contribution in [-0.4, -0.2) is 23.5 Å². The van der Waals surface area contributed by atoms with Crippen LogP contribution in [0.2, 0.25) is 0 Å². The Labute approximate surface area is 93.6 Å². The number of hydrogen-bond donors (Lipinski definition) is 1. The van der Waals surface area contributed by atoms with Gasteiger partial charge in [-0.2, -0.15) is 0 Å². The van der Waals surface area contributed by atoms with Crippen LogP contribution in [0.3, 0.4) is 0 Å². The molecule has 0 bridgehead atoms. The molecule has 0 aromatic rings. The minimum absolute atomic E-state index is 0.0205. The largest absolute Gasteiger partial charge is 0.496 e. The zero-order valence-electron chi connectivity index (χ0n) is 9.32. The molecule has 2 rings (SSSR count). The van der Waals surface area contributed by atoms with Crippen LogP contribution < -0.4 is 0 Å². The van der Waals surface area contributed by atoms with Gasteiger partial charge >= 0.3 is 5.97 Å². The van der Waals surface area contributed by atoms with E-state index in [9.17, 15) is 9.59 Å². The third-order valence-corrected chi connectivity index (χ3v) is 3.38. The summed E-state index contributed by atoms with van der Waals surface area (Å²) in [5.74, 6) is -2.11. The van der Waals surface area contributed by atoms with Crippen molar-refractivity contribution in [3.63, 3.8) is 0 Å². The van der Waals surface area contributed by atoms with Crippen LogP contribution in [0.4, 0.5) is 0 Å². The van der Waals surface area contributed by atoms with Crippen LogP contribution in [0.25, 0.3) is 0 Å². The van der Waals surface area contributed by atoms with Crippen molar-refractivity contribution in [3.05, 3.63) is 23.0 Å². The lowest BCUT2D eigenvalue weighted by atomic mass is 9.75. The standard InChI is InChI=1S/C12H14O4/c1-6-9-5-16-4-8(9)3-10(13)11(6)7(2)12(14)15/h4,7,11H,3,5H2,1-2H3,(H,14,15). The molecule has 4 heteroatoms. The summed E-state index contributed by atoms with van der Waals surface area (Å²) >= 11 is 0. The summed E-state index contributed by atoms with van der Waals surface area (Å²) in [5.41, 5.74) is 2.78. The topological polar surface area (TPSA) is 63.6 Å². The Balaban J connectivity index is 2.40. The molecule has 2 atom stereocenters. The summed E-state index contributed by atoms with van der Waals surface area (Å²) in [5, 5.41) is 8.99. The summed E-state index contributed by atoms with van der Waals surface area (Å²) in [6.07, 6.45) is 1.91. The second kappa shape index (κ2) is 3.77. The van der Waals surface area contributed by atoms with Crippen LogP contribution in [0.15, 0.2) is 23.0 Å². The van der Waals surface area contributed by atoms with E-state index in [4.69, 9.17) is 9.84 Å². The van der Waals surface area contributed by atoms with Gasteiger partial charge in [0.1, 0.15) is 12.4 Å². The van der Waals surface area contributed by atoms with Gasteiger partial charge in [-0.3, -0.25) is 9.59 Å². The predicted molar refractivity (Wildman–Crippen MR) is 56.6 cm³/mol. The highest BCUT2D eigenvalue weighted by Gasteiger charge is 2.38. The van der Waals surface area contributed by atoms with Crippen molar-refractivity contribution in [2.24, 2.45) is 11.8 Å². The Morgan fingerprint density at radius 3 is 2.94 bits per heavy atom. The Morgan fingerprint density at radius 1 is 1.62 bits per heavy atom. The SMILES string of the molecule is CC1=C2COC=C2CC(=O)C1C(C)C(=O)O. The van der Waals surface area contributed by atoms with E-state index in [1.807, 2.05) is 6.92 Å². The lowest BCUT2D eigenvalue weighted by Crippen LogP contribution is -2.32. The Morgan fingerprint density at radius 2 is 2.31 bits per heavy atom. The van der Waals surface area contributed by atoms with Gasteiger partial charge in [0.15, 0.2) is 0 Å². The quantitative estimate of drug-likeness (QED) is 0.769. The number of carbonyl (C=O) groups excluding carboxylic acids is 1. The summed E-state index contributed by atoms with van der Waals surface area (Å²) in [7, 11) is 0. The average Bonchev–Trinajstić information content (AvgIpc) is 2.65. The molecular formula is C12H14O4. The molecule has 1 heterocycles. The first-order valence-electron chi connectivity index (χ1n) is 5.28. The first kappa shape index (κ1) is 10.9. The van der Waals surface area contributed by atoms with Crippen molar-refractivity contribution in [1.82, 2.24) is 0 Å². The van der Waals surface area contributed by atoms with Gasteiger partial charge in [-0.05, 0) is 12.5 Å². The van der Waals surface area contributed by atoms with Gasteiger partial charge in [-0.15, -0.1) is 0 Å². The minimum Gasteiger partial charge on any atom is -0.496 e. The van der Waals surface area contributed by atoms with E-state index in [0.29, 0.717) is 13.0 Å². The highest BCUT2D eigenvalue weighted by Crippen LogP contribution is 2.38. The van der Waals surface area contributed by atoms with Crippen molar-refractivity contribution in [3.8, 4) is 0 Å². The number of Topliss-reactive ketones (excluding diaryl/α,β-unsaturated/α-hetero) is 1. The number of carbonyl (C=O) groups is 2. The highest BCUT2D eigenvalue weighted by atomic mass is 16.5. The zero-order chi connectivity index (χ0) is 11.9. The summed E-state index contributed by atoms with van der Waals surface area (Å²) in [6.45, 7) is 3.88. The normalized spacial score (nSPS) is 26.0. The number of carboxylic acid groups (broad SMARTS) is 1. The van der Waals surface area contributed by atoms with Crippen molar-refractivity contribution in [1.29, 1.82) is 0 Å². The molecule has 0 spiro atoms. The summed E-state index contributed by atoms with van der Waals surface area (Å²) in [6, 6.07) is 0. The molecule has 0 saturated carbocycles. The molecule has 1 aliphatic carbocycles. The smallest absolute Gasteiger partial charge is 0.307 e. The van der Waals surface area contributed by atoms with Gasteiger partial charge in [0.25, 0.3) is 0 Å². The van der Waals surface area contributed by atoms with E-state index in [2.05, 4.69) is 0 Å². The molecule has 86 valence electrons. The fourth-order valence-corrected chi connectivity index (χ4v) is 2.43. The van der Waals surface area contributed by atoms with Gasteiger partial charge < -0.3 is 9.84 Å². The number of fused-ring (bicyclic) bond motifs is 1. The second-order valence-electron chi connectivity index (χ2n) is 4.36. The van der Waals surface area contributed by atoms with E-state index < -0.39 is 17.8 Å². The number of aliphatic carboxylic acids is 1. The molecule has 1 aliphatic heterocycles. The second-order valence-corrected chi connectivity index (χ2v) is 4.36. The molecule has 0 radical (unpaired) electrons. The molecule has 0 aromatic carbocycles. The van der Waals surface area contributed by atoms with Crippen LogP contribution >= 0.6 is 0 Å². The lowest BCUT2D eigenvalue weighted by molar-refractivity contribution is -0.145. The zero-order valence-corrected chi connectivity index (χ0v) is 9.32. The van der Waals surface area contributed by atoms with Gasteiger partial charge in [0.2, 0.25) is 0 Å². The van der Waals surface area contributed by atoms with Crippen LogP contribution in [0.5, 0.6) is 0 Å². The van der Waals surface area contributed by atoms with E-state index >= 15 is 0 Å². The third kappa shape index (κ3) is 1.54. The van der Waals surface area contributed by atoms with Crippen molar-refractivity contribution in [2.75, 3.05) is 6.61 Å². The Hall–Kier alpha value is -1.58. The molecule has 0 aromatic heterocycles. The Bertz CT molecular complexity index is 417. The lowest BCUT2D eigenvalue weighted by Gasteiger charge is -2.27. The van der Waals surface area contributed by atoms with Crippen molar-refractivity contribution < 1.29 is 19.4 Å². The van der Waals surface area contributed by atoms with Gasteiger partial charge in [0, 0.05) is 12.0 Å². The average molecular weight is 222 g/mol. The number of allylic oxidation sites excluding steroid dienone is 1. The fraction of sp³-hybridized carbons (Fsp3) is 0.500. The first-order chi connectivity index (χ1) is 7.52. The molecule has 2 unspecified atom stereocenters. The highest BCUT2D eigenvalue weighted by molar-refractivity contribution is 5.93. The number of carboxylic acids is 1. The predicted octanol–water partition coefficient (Wildman–Crippen LogP) is 1.53. The van der Waals surface area contributed by atoms with E-state index in [1.165, 1.54) is 0 Å². The Kier molecular flexibility index (Phi) is 2.58. The van der Waals surface area contributed by atoms with Crippen LogP contribution in [0.1, 0.15) is 20.3 Å². The van der Waals surface area contributed by atoms with E-state index in [-0.39, 0.29) is 5.78 Å². The third-order valence-electron chi connectivity index (χ3n) is 3.38. The van der Waals surface area contributed by atoms with Gasteiger partial charge in [-0.1, -0.05) is 12.5 Å². The molecule has 1 N–H and O–H groups in total. The summed E-state index contributed by atoms with van der Waals surface area (Å²) in [4.78, 5) is 22.9. The number of rotatable bonds is 2. The van der Waals surface area contributed by atoms with Crippen LogP contribution in [0, 0.1) is 11.8 Å². The molecule has 0 saturated heterocycles. The summed E-state index contributed by atoms with van der Waals surface area (Å²) < 4.78 is 5.18. The number of ether oxygens (including phenoxy) is 1. The number of ketones is 1. The molecule has 0 fully saturated rings. The maximum Gasteiger partial charge on any atom is 0.307 e. The molecule has 16 heavy (non-hydrogen) atoms. The molecule has 2 aliphatic rings. The van der Waals surface area contributed by atoms with Crippen LogP contribution in [-0.2, 0) is 14.3 Å². The van der Waals surface area contributed by atoms with Gasteiger partial charge in [0.05, 0.1) is 18.1 Å². The molecule has 4 nitrogen and oxygen atoms in total. The number of hydrogen-bond acceptors (Lipinski definition) is 3. The van der Waals surface area contributed by atoms with Crippen molar-refractivity contribution >= 4 is 11.8 Å². The maximum atomic E-state index is 11.9. The first-order valence-corrected chi connectivity index (χ1v) is 5.28. The molecular weight excluding hydrogens is 208 g/mol. The van der Waals surface area contributed by atoms with E-state index in [1.54, 1.807) is 13.2 Å². The molecule has 0 amide bonds.